The molecule has 1 aromatic heterocycles. The van der Waals surface area contributed by atoms with Crippen LogP contribution < -0.4 is 16.7 Å². The van der Waals surface area contributed by atoms with Crippen molar-refractivity contribution in [2.45, 2.75) is 26.3 Å². The molecule has 3 N–H and O–H groups in total. The van der Waals surface area contributed by atoms with Crippen LogP contribution in [0.2, 0.25) is 0 Å². The quantitative estimate of drug-likeness (QED) is 0.657. The first kappa shape index (κ1) is 20.7. The number of carbonyl (C=O) groups is 1. The molecule has 9 heteroatoms. The fraction of sp³-hybridized carbons (Fsp3) is 0.227. The Balaban J connectivity index is 1.67. The minimum absolute atomic E-state index is 0.00896. The zero-order valence-electron chi connectivity index (χ0n) is 16.9. The Hall–Kier alpha value is -3.59. The Kier molecular flexibility index (Phi) is 5.51. The lowest BCUT2D eigenvalue weighted by molar-refractivity contribution is -0.116. The van der Waals surface area contributed by atoms with Gasteiger partial charge in [-0.3, -0.25) is 4.79 Å². The van der Waals surface area contributed by atoms with Gasteiger partial charge in [0.2, 0.25) is 5.91 Å². The van der Waals surface area contributed by atoms with E-state index in [2.05, 4.69) is 10.4 Å². The smallest absolute Gasteiger partial charge is 0.327 e. The predicted molar refractivity (Wildman–Crippen MR) is 113 cm³/mol. The number of fused-ring (bicyclic) bond motifs is 1. The number of aromatic nitrogens is 3. The van der Waals surface area contributed by atoms with Crippen molar-refractivity contribution in [3.05, 3.63) is 76.0 Å². The summed E-state index contributed by atoms with van der Waals surface area (Å²) in [6.45, 7) is 1.74. The summed E-state index contributed by atoms with van der Waals surface area (Å²) < 4.78 is 29.8. The van der Waals surface area contributed by atoms with Gasteiger partial charge in [0.25, 0.3) is 0 Å². The molecule has 3 aromatic rings. The minimum Gasteiger partial charge on any atom is -0.327 e. The van der Waals surface area contributed by atoms with E-state index in [0.29, 0.717) is 24.7 Å². The molecule has 1 aliphatic heterocycles. The number of halogens is 2. The number of amides is 1. The molecule has 0 unspecified atom stereocenters. The average molecular weight is 425 g/mol. The van der Waals surface area contributed by atoms with Crippen molar-refractivity contribution >= 4 is 11.6 Å². The second kappa shape index (κ2) is 8.27. The van der Waals surface area contributed by atoms with E-state index < -0.39 is 11.5 Å². The monoisotopic (exact) mass is 425 g/mol. The van der Waals surface area contributed by atoms with Gasteiger partial charge in [-0.25, -0.2) is 22.8 Å². The molecule has 0 radical (unpaired) electrons. The molecule has 0 saturated heterocycles. The molecule has 7 nitrogen and oxygen atoms in total. The van der Waals surface area contributed by atoms with Gasteiger partial charge in [-0.1, -0.05) is 6.07 Å². The number of hydrogen-bond donors (Lipinski definition) is 2. The number of nitrogens with one attached hydrogen (secondary N) is 1. The second-order valence-corrected chi connectivity index (χ2v) is 7.45. The van der Waals surface area contributed by atoms with E-state index in [9.17, 15) is 18.4 Å². The summed E-state index contributed by atoms with van der Waals surface area (Å²) >= 11 is 0. The van der Waals surface area contributed by atoms with Crippen molar-refractivity contribution in [2.75, 3.05) is 11.9 Å². The minimum atomic E-state index is -0.597. The van der Waals surface area contributed by atoms with Crippen LogP contribution in [0.15, 0.2) is 53.4 Å². The fourth-order valence-corrected chi connectivity index (χ4v) is 3.68. The van der Waals surface area contributed by atoms with Gasteiger partial charge in [0.1, 0.15) is 12.1 Å². The molecule has 31 heavy (non-hydrogen) atoms. The van der Waals surface area contributed by atoms with Crippen molar-refractivity contribution in [3.63, 3.8) is 0 Å². The Bertz CT molecular complexity index is 1260. The van der Waals surface area contributed by atoms with E-state index in [1.54, 1.807) is 6.07 Å². The number of aryl methyl sites for hydroxylation is 2. The highest BCUT2D eigenvalue weighted by Crippen LogP contribution is 2.33. The van der Waals surface area contributed by atoms with Gasteiger partial charge in [0.05, 0.1) is 18.6 Å². The summed E-state index contributed by atoms with van der Waals surface area (Å²) in [5.74, 6) is -0.603. The van der Waals surface area contributed by atoms with Crippen LogP contribution in [-0.2, 0) is 17.8 Å². The number of nitrogens with zero attached hydrogens (tertiary/aromatic N) is 3. The van der Waals surface area contributed by atoms with Gasteiger partial charge in [0, 0.05) is 18.7 Å². The number of hydrogen-bond acceptors (Lipinski definition) is 4. The molecule has 1 amide bonds. The van der Waals surface area contributed by atoms with Gasteiger partial charge >= 0.3 is 5.69 Å². The van der Waals surface area contributed by atoms with Gasteiger partial charge in [-0.05, 0) is 65.4 Å². The lowest BCUT2D eigenvalue weighted by Gasteiger charge is -2.20. The standard InChI is InChI=1S/C22H21F2N5O2/c1-13-6-17(7-16-3-5-20(30)27-21(13)16)15-2-4-19(18(24)8-15)28-12-26-29(22(28)31)11-14(9-23)10-25/h2,4,6-9,12H,3,5,10-11,25H2,1H3,(H,27,30)/b14-9+. The first-order valence-corrected chi connectivity index (χ1v) is 9.77. The summed E-state index contributed by atoms with van der Waals surface area (Å²) in [5.41, 5.74) is 9.25. The largest absolute Gasteiger partial charge is 0.350 e. The maximum atomic E-state index is 15.0. The molecule has 4 rings (SSSR count). The Morgan fingerprint density at radius 3 is 2.74 bits per heavy atom. The molecule has 0 bridgehead atoms. The predicted octanol–water partition coefficient (Wildman–Crippen LogP) is 2.85. The van der Waals surface area contributed by atoms with Crippen LogP contribution in [0.4, 0.5) is 14.5 Å². The highest BCUT2D eigenvalue weighted by Gasteiger charge is 2.19. The summed E-state index contributed by atoms with van der Waals surface area (Å²) in [6.07, 6.45) is 2.58. The average Bonchev–Trinajstić information content (AvgIpc) is 3.12. The van der Waals surface area contributed by atoms with E-state index in [0.717, 1.165) is 31.6 Å². The number of rotatable bonds is 5. The number of anilines is 1. The van der Waals surface area contributed by atoms with Crippen molar-refractivity contribution in [2.24, 2.45) is 5.73 Å². The van der Waals surface area contributed by atoms with Gasteiger partial charge in [0.15, 0.2) is 0 Å². The first-order valence-electron chi connectivity index (χ1n) is 9.77. The Morgan fingerprint density at radius 1 is 1.23 bits per heavy atom. The lowest BCUT2D eigenvalue weighted by atomic mass is 9.93. The number of nitrogens with two attached hydrogens (primary N) is 1. The van der Waals surface area contributed by atoms with Crippen LogP contribution in [0.25, 0.3) is 16.8 Å². The summed E-state index contributed by atoms with van der Waals surface area (Å²) in [5, 5.41) is 6.80. The molecular formula is C22H21F2N5O2. The van der Waals surface area contributed by atoms with Crippen molar-refractivity contribution in [3.8, 4) is 16.8 Å². The molecule has 2 heterocycles. The van der Waals surface area contributed by atoms with Crippen LogP contribution in [0, 0.1) is 12.7 Å². The lowest BCUT2D eigenvalue weighted by Crippen LogP contribution is -2.26. The zero-order chi connectivity index (χ0) is 22.1. The van der Waals surface area contributed by atoms with E-state index in [-0.39, 0.29) is 30.3 Å². The molecule has 0 fully saturated rings. The molecule has 0 spiro atoms. The van der Waals surface area contributed by atoms with Crippen LogP contribution in [0.1, 0.15) is 17.5 Å². The maximum Gasteiger partial charge on any atom is 0.350 e. The Labute approximate surface area is 176 Å². The topological polar surface area (TPSA) is 94.9 Å². The molecule has 0 saturated carbocycles. The van der Waals surface area contributed by atoms with E-state index >= 15 is 0 Å². The normalized spacial score (nSPS) is 13.8. The Morgan fingerprint density at radius 2 is 2.03 bits per heavy atom. The molecule has 0 aliphatic carbocycles. The SMILES string of the molecule is Cc1cc(-c2ccc(-n3cnn(C/C(=C/F)CN)c3=O)c(F)c2)cc2c1NC(=O)CC2. The van der Waals surface area contributed by atoms with Crippen LogP contribution in [-0.4, -0.2) is 26.8 Å². The molecular weight excluding hydrogens is 404 g/mol. The van der Waals surface area contributed by atoms with Gasteiger partial charge in [-0.15, -0.1) is 0 Å². The molecule has 1 aliphatic rings. The summed E-state index contributed by atoms with van der Waals surface area (Å²) in [4.78, 5) is 24.2. The van der Waals surface area contributed by atoms with Crippen LogP contribution in [0.3, 0.4) is 0 Å². The highest BCUT2D eigenvalue weighted by molar-refractivity contribution is 5.95. The van der Waals surface area contributed by atoms with E-state index in [1.165, 1.54) is 18.5 Å². The van der Waals surface area contributed by atoms with Gasteiger partial charge < -0.3 is 11.1 Å². The first-order chi connectivity index (χ1) is 14.9. The third kappa shape index (κ3) is 3.91. The van der Waals surface area contributed by atoms with E-state index in [4.69, 9.17) is 5.73 Å². The summed E-state index contributed by atoms with van der Waals surface area (Å²) in [6, 6.07) is 8.41. The molecule has 2 aromatic carbocycles. The van der Waals surface area contributed by atoms with Crippen molar-refractivity contribution in [1.29, 1.82) is 0 Å². The summed E-state index contributed by atoms with van der Waals surface area (Å²) in [7, 11) is 0. The fourth-order valence-electron chi connectivity index (χ4n) is 3.68. The maximum absolute atomic E-state index is 15.0. The highest BCUT2D eigenvalue weighted by atomic mass is 19.1. The van der Waals surface area contributed by atoms with Crippen molar-refractivity contribution in [1.82, 2.24) is 14.3 Å². The van der Waals surface area contributed by atoms with Crippen LogP contribution >= 0.6 is 0 Å². The van der Waals surface area contributed by atoms with Crippen molar-refractivity contribution < 1.29 is 13.6 Å². The third-order valence-corrected chi connectivity index (χ3v) is 5.35. The third-order valence-electron chi connectivity index (χ3n) is 5.35. The molecule has 0 atom stereocenters. The van der Waals surface area contributed by atoms with Crippen LogP contribution in [0.5, 0.6) is 0 Å². The zero-order valence-corrected chi connectivity index (χ0v) is 16.9. The van der Waals surface area contributed by atoms with E-state index in [1.807, 2.05) is 19.1 Å². The number of benzene rings is 2. The van der Waals surface area contributed by atoms with Gasteiger partial charge in [-0.2, -0.15) is 5.10 Å². The second-order valence-electron chi connectivity index (χ2n) is 7.45. The number of carbonyl (C=O) groups excluding carboxylic acids is 1. The molecule has 160 valence electrons.